The number of carbonyl (C=O) groups excluding carboxylic acids is 1. The molecule has 0 radical (unpaired) electrons. The quantitative estimate of drug-likeness (QED) is 0.558. The van der Waals surface area contributed by atoms with Crippen molar-refractivity contribution in [2.24, 2.45) is 5.92 Å². The summed E-state index contributed by atoms with van der Waals surface area (Å²) in [4.78, 5) is 14.6. The van der Waals surface area contributed by atoms with Gasteiger partial charge in [0.15, 0.2) is 0 Å². The van der Waals surface area contributed by atoms with E-state index in [9.17, 15) is 4.79 Å². The van der Waals surface area contributed by atoms with Crippen molar-refractivity contribution in [3.05, 3.63) is 102 Å². The maximum atomic E-state index is 12.6. The van der Waals surface area contributed by atoms with E-state index >= 15 is 0 Å². The van der Waals surface area contributed by atoms with Gasteiger partial charge in [0.2, 0.25) is 5.91 Å². The third kappa shape index (κ3) is 4.07. The molecule has 1 aliphatic rings. The van der Waals surface area contributed by atoms with Gasteiger partial charge in [-0.25, -0.2) is 0 Å². The third-order valence-corrected chi connectivity index (χ3v) is 5.45. The smallest absolute Gasteiger partial charge is 0.229 e. The number of benzene rings is 3. The van der Waals surface area contributed by atoms with Gasteiger partial charge in [0, 0.05) is 18.2 Å². The molecule has 2 nitrogen and oxygen atoms in total. The monoisotopic (exact) mass is 367 g/mol. The summed E-state index contributed by atoms with van der Waals surface area (Å²) in [5.41, 5.74) is 4.83. The van der Waals surface area contributed by atoms with Crippen LogP contribution in [0.4, 0.5) is 0 Å². The first-order valence-electron chi connectivity index (χ1n) is 9.90. The Labute approximate surface area is 167 Å². The highest BCUT2D eigenvalue weighted by molar-refractivity contribution is 5.83. The van der Waals surface area contributed by atoms with Gasteiger partial charge in [-0.3, -0.25) is 4.79 Å². The summed E-state index contributed by atoms with van der Waals surface area (Å²) in [5, 5.41) is 0. The van der Waals surface area contributed by atoms with E-state index in [2.05, 4.69) is 60.7 Å². The second kappa shape index (κ2) is 8.26. The van der Waals surface area contributed by atoms with Gasteiger partial charge in [0.25, 0.3) is 0 Å². The summed E-state index contributed by atoms with van der Waals surface area (Å²) in [6, 6.07) is 29.5. The van der Waals surface area contributed by atoms with Crippen LogP contribution in [0.15, 0.2) is 91.1 Å². The van der Waals surface area contributed by atoms with Crippen molar-refractivity contribution in [3.8, 4) is 11.1 Å². The molecule has 3 aromatic carbocycles. The lowest BCUT2D eigenvalue weighted by Gasteiger charge is -2.21. The van der Waals surface area contributed by atoms with Crippen molar-refractivity contribution in [2.45, 2.75) is 25.8 Å². The molecule has 3 aromatic rings. The Morgan fingerprint density at radius 1 is 0.857 bits per heavy atom. The van der Waals surface area contributed by atoms with Crippen LogP contribution in [-0.4, -0.2) is 16.8 Å². The molecule has 1 unspecified atom stereocenters. The standard InChI is InChI=1S/C26H25NO/c1-20-18-25(27(26(20)28)17-16-21-8-4-2-5-9-21)19-22-12-14-24(15-13-22)23-10-6-3-7-11-23/h2-17,20,25H,18-19H2,1H3/b17-16+/t20?,25-/m0/s1. The molecule has 0 saturated carbocycles. The Morgan fingerprint density at radius 2 is 1.46 bits per heavy atom. The van der Waals surface area contributed by atoms with Crippen LogP contribution >= 0.6 is 0 Å². The molecule has 28 heavy (non-hydrogen) atoms. The first kappa shape index (κ1) is 18.2. The Hall–Kier alpha value is -3.13. The number of carbonyl (C=O) groups is 1. The number of rotatable bonds is 5. The number of hydrogen-bond acceptors (Lipinski definition) is 1. The first-order chi connectivity index (χ1) is 13.7. The second-order valence-electron chi connectivity index (χ2n) is 7.53. The first-order valence-corrected chi connectivity index (χ1v) is 9.90. The van der Waals surface area contributed by atoms with Crippen molar-refractivity contribution < 1.29 is 4.79 Å². The van der Waals surface area contributed by atoms with Gasteiger partial charge < -0.3 is 4.90 Å². The van der Waals surface area contributed by atoms with Crippen LogP contribution in [0.1, 0.15) is 24.5 Å². The van der Waals surface area contributed by atoms with Crippen LogP contribution in [0.2, 0.25) is 0 Å². The topological polar surface area (TPSA) is 20.3 Å². The highest BCUT2D eigenvalue weighted by Crippen LogP contribution is 2.28. The minimum atomic E-state index is 0.0778. The zero-order valence-corrected chi connectivity index (χ0v) is 16.2. The van der Waals surface area contributed by atoms with Gasteiger partial charge >= 0.3 is 0 Å². The molecule has 1 heterocycles. The van der Waals surface area contributed by atoms with E-state index in [4.69, 9.17) is 0 Å². The van der Waals surface area contributed by atoms with E-state index in [1.165, 1.54) is 16.7 Å². The third-order valence-electron chi connectivity index (χ3n) is 5.45. The lowest BCUT2D eigenvalue weighted by molar-refractivity contribution is -0.129. The number of amides is 1. The summed E-state index contributed by atoms with van der Waals surface area (Å²) in [5.74, 6) is 0.298. The lowest BCUT2D eigenvalue weighted by atomic mass is 9.98. The van der Waals surface area contributed by atoms with Crippen molar-refractivity contribution in [1.82, 2.24) is 4.90 Å². The van der Waals surface area contributed by atoms with Crippen molar-refractivity contribution in [3.63, 3.8) is 0 Å². The maximum Gasteiger partial charge on any atom is 0.229 e. The number of likely N-dealkylation sites (tertiary alicyclic amines) is 1. The van der Waals surface area contributed by atoms with Crippen LogP contribution < -0.4 is 0 Å². The summed E-state index contributed by atoms with van der Waals surface area (Å²) >= 11 is 0. The molecule has 1 amide bonds. The molecule has 1 saturated heterocycles. The lowest BCUT2D eigenvalue weighted by Crippen LogP contribution is -2.30. The Morgan fingerprint density at radius 3 is 2.14 bits per heavy atom. The molecule has 1 fully saturated rings. The Balaban J connectivity index is 1.49. The normalized spacial score (nSPS) is 19.5. The van der Waals surface area contributed by atoms with Crippen LogP contribution in [0.25, 0.3) is 17.2 Å². The van der Waals surface area contributed by atoms with Gasteiger partial charge in [-0.2, -0.15) is 0 Å². The van der Waals surface area contributed by atoms with Crippen molar-refractivity contribution in [2.75, 3.05) is 0 Å². The Bertz CT molecular complexity index is 945. The Kier molecular flexibility index (Phi) is 5.38. The molecular weight excluding hydrogens is 342 g/mol. The summed E-state index contributed by atoms with van der Waals surface area (Å²) in [6.45, 7) is 2.03. The van der Waals surface area contributed by atoms with E-state index in [-0.39, 0.29) is 17.9 Å². The van der Waals surface area contributed by atoms with Gasteiger partial charge in [-0.1, -0.05) is 91.9 Å². The van der Waals surface area contributed by atoms with Crippen LogP contribution in [0.3, 0.4) is 0 Å². The van der Waals surface area contributed by atoms with Crippen molar-refractivity contribution in [1.29, 1.82) is 0 Å². The fourth-order valence-corrected chi connectivity index (χ4v) is 3.90. The molecular formula is C26H25NO. The molecule has 2 atom stereocenters. The molecule has 4 rings (SSSR count). The van der Waals surface area contributed by atoms with Gasteiger partial charge in [-0.15, -0.1) is 0 Å². The fraction of sp³-hybridized carbons (Fsp3) is 0.192. The van der Waals surface area contributed by atoms with E-state index in [0.717, 1.165) is 18.4 Å². The highest BCUT2D eigenvalue weighted by Gasteiger charge is 2.35. The molecule has 0 bridgehead atoms. The van der Waals surface area contributed by atoms with Crippen LogP contribution in [0, 0.1) is 5.92 Å². The molecule has 0 aromatic heterocycles. The molecule has 2 heteroatoms. The molecule has 140 valence electrons. The van der Waals surface area contributed by atoms with Crippen LogP contribution in [0.5, 0.6) is 0 Å². The second-order valence-corrected chi connectivity index (χ2v) is 7.53. The predicted molar refractivity (Wildman–Crippen MR) is 115 cm³/mol. The van der Waals surface area contributed by atoms with Gasteiger partial charge in [0.1, 0.15) is 0 Å². The zero-order valence-electron chi connectivity index (χ0n) is 16.2. The largest absolute Gasteiger partial charge is 0.315 e. The maximum absolute atomic E-state index is 12.6. The number of hydrogen-bond donors (Lipinski definition) is 0. The van der Waals surface area contributed by atoms with Crippen molar-refractivity contribution >= 4 is 12.0 Å². The molecule has 0 N–H and O–H groups in total. The summed E-state index contributed by atoms with van der Waals surface area (Å²) in [6.07, 6.45) is 5.77. The fourth-order valence-electron chi connectivity index (χ4n) is 3.90. The minimum absolute atomic E-state index is 0.0778. The number of nitrogens with zero attached hydrogens (tertiary/aromatic N) is 1. The highest BCUT2D eigenvalue weighted by atomic mass is 16.2. The van der Waals surface area contributed by atoms with Gasteiger partial charge in [0.05, 0.1) is 0 Å². The minimum Gasteiger partial charge on any atom is -0.315 e. The molecule has 0 spiro atoms. The average molecular weight is 367 g/mol. The molecule has 1 aliphatic heterocycles. The average Bonchev–Trinajstić information content (AvgIpc) is 3.01. The van der Waals surface area contributed by atoms with E-state index in [1.807, 2.05) is 48.4 Å². The van der Waals surface area contributed by atoms with Gasteiger partial charge in [-0.05, 0) is 41.2 Å². The van der Waals surface area contributed by atoms with Crippen LogP contribution in [-0.2, 0) is 11.2 Å². The van der Waals surface area contributed by atoms with E-state index in [0.29, 0.717) is 0 Å². The summed E-state index contributed by atoms with van der Waals surface area (Å²) in [7, 11) is 0. The molecule has 0 aliphatic carbocycles. The van der Waals surface area contributed by atoms with E-state index < -0.39 is 0 Å². The predicted octanol–water partition coefficient (Wildman–Crippen LogP) is 5.80. The zero-order chi connectivity index (χ0) is 19.3. The SMILES string of the molecule is CC1C[C@@H](Cc2ccc(-c3ccccc3)cc2)N(/C=C/c2ccccc2)C1=O. The van der Waals surface area contributed by atoms with E-state index in [1.54, 1.807) is 0 Å². The summed E-state index contributed by atoms with van der Waals surface area (Å²) < 4.78 is 0.